The van der Waals surface area contributed by atoms with Gasteiger partial charge in [0.15, 0.2) is 0 Å². The molecular weight excluding hydrogens is 542 g/mol. The minimum Gasteiger partial charge on any atom is -0.394 e. The molecule has 44 heavy (non-hydrogen) atoms. The summed E-state index contributed by atoms with van der Waals surface area (Å²) in [7, 11) is 0. The number of unbranched alkanes of at least 4 members (excludes halogenated alkanes) is 30. The molecule has 1 amide bonds. The van der Waals surface area contributed by atoms with E-state index in [9.17, 15) is 15.0 Å². The third-order valence-electron chi connectivity index (χ3n) is 9.62. The first kappa shape index (κ1) is 43.4. The SMILES string of the molecule is CCCCCCCCCCCCCCCCCCCCCCCCCCCCC(=O)NC(CO)C(O)CCCCCCCC. The average molecular weight is 624 g/mol. The molecule has 3 N–H and O–H groups in total. The highest BCUT2D eigenvalue weighted by Gasteiger charge is 2.19. The Hall–Kier alpha value is -0.610. The number of rotatable bonds is 37. The lowest BCUT2D eigenvalue weighted by molar-refractivity contribution is -0.123. The van der Waals surface area contributed by atoms with Gasteiger partial charge in [0.1, 0.15) is 0 Å². The molecule has 0 radical (unpaired) electrons. The molecule has 0 aromatic carbocycles. The minimum absolute atomic E-state index is 0.0320. The van der Waals surface area contributed by atoms with Crippen molar-refractivity contribution in [3.8, 4) is 0 Å². The van der Waals surface area contributed by atoms with Crippen LogP contribution in [0, 0.1) is 0 Å². The van der Waals surface area contributed by atoms with Crippen LogP contribution in [0.25, 0.3) is 0 Å². The zero-order valence-corrected chi connectivity index (χ0v) is 30.2. The van der Waals surface area contributed by atoms with Crippen molar-refractivity contribution in [2.24, 2.45) is 0 Å². The van der Waals surface area contributed by atoms with Crippen molar-refractivity contribution in [3.63, 3.8) is 0 Å². The van der Waals surface area contributed by atoms with Crippen LogP contribution in [0.1, 0.15) is 232 Å². The third kappa shape index (κ3) is 32.8. The molecule has 0 spiro atoms. The van der Waals surface area contributed by atoms with Gasteiger partial charge in [-0.15, -0.1) is 0 Å². The number of aliphatic hydroxyl groups is 2. The van der Waals surface area contributed by atoms with E-state index in [0.29, 0.717) is 12.8 Å². The van der Waals surface area contributed by atoms with Crippen LogP contribution in [0.3, 0.4) is 0 Å². The van der Waals surface area contributed by atoms with Crippen LogP contribution in [0.2, 0.25) is 0 Å². The molecule has 2 atom stereocenters. The lowest BCUT2D eigenvalue weighted by Gasteiger charge is -2.22. The summed E-state index contributed by atoms with van der Waals surface area (Å²) in [6.45, 7) is 4.32. The quantitative estimate of drug-likeness (QED) is 0.0603. The van der Waals surface area contributed by atoms with Crippen LogP contribution in [-0.4, -0.2) is 34.9 Å². The summed E-state index contributed by atoms with van der Waals surface area (Å²) in [5, 5.41) is 22.8. The minimum atomic E-state index is -0.649. The van der Waals surface area contributed by atoms with Gasteiger partial charge in [-0.05, 0) is 12.8 Å². The molecule has 0 bridgehead atoms. The second-order valence-electron chi connectivity index (χ2n) is 14.1. The monoisotopic (exact) mass is 624 g/mol. The van der Waals surface area contributed by atoms with Gasteiger partial charge in [0.05, 0.1) is 18.8 Å². The molecular formula is C40H81NO3. The van der Waals surface area contributed by atoms with Gasteiger partial charge in [-0.25, -0.2) is 0 Å². The number of carbonyl (C=O) groups excluding carboxylic acids is 1. The molecule has 0 fully saturated rings. The summed E-state index contributed by atoms with van der Waals surface area (Å²) in [6.07, 6.45) is 43.5. The van der Waals surface area contributed by atoms with E-state index in [-0.39, 0.29) is 12.5 Å². The molecule has 4 nitrogen and oxygen atoms in total. The Morgan fingerprint density at radius 1 is 0.455 bits per heavy atom. The van der Waals surface area contributed by atoms with Crippen LogP contribution in [0.5, 0.6) is 0 Å². The first-order chi connectivity index (χ1) is 21.7. The van der Waals surface area contributed by atoms with Crippen molar-refractivity contribution in [1.29, 1.82) is 0 Å². The van der Waals surface area contributed by atoms with E-state index in [1.54, 1.807) is 0 Å². The zero-order chi connectivity index (χ0) is 32.2. The normalized spacial score (nSPS) is 12.9. The van der Waals surface area contributed by atoms with Crippen LogP contribution in [0.4, 0.5) is 0 Å². The molecule has 0 aromatic rings. The van der Waals surface area contributed by atoms with Crippen molar-refractivity contribution in [1.82, 2.24) is 5.32 Å². The van der Waals surface area contributed by atoms with Gasteiger partial charge in [-0.3, -0.25) is 4.79 Å². The summed E-state index contributed by atoms with van der Waals surface area (Å²) in [5.41, 5.74) is 0. The fourth-order valence-corrected chi connectivity index (χ4v) is 6.48. The van der Waals surface area contributed by atoms with Crippen molar-refractivity contribution in [2.75, 3.05) is 6.61 Å². The Morgan fingerprint density at radius 3 is 1.02 bits per heavy atom. The first-order valence-electron chi connectivity index (χ1n) is 20.2. The Balaban J connectivity index is 3.34. The summed E-state index contributed by atoms with van der Waals surface area (Å²) in [6, 6.07) is -0.526. The predicted octanol–water partition coefficient (Wildman–Crippen LogP) is 12.1. The van der Waals surface area contributed by atoms with Gasteiger partial charge in [-0.1, -0.05) is 213 Å². The Kier molecular flexibility index (Phi) is 36.3. The fraction of sp³-hybridized carbons (Fsp3) is 0.975. The van der Waals surface area contributed by atoms with Gasteiger partial charge in [0, 0.05) is 6.42 Å². The second kappa shape index (κ2) is 36.9. The van der Waals surface area contributed by atoms with E-state index in [2.05, 4.69) is 19.2 Å². The molecule has 2 unspecified atom stereocenters. The maximum absolute atomic E-state index is 12.3. The number of hydrogen-bond acceptors (Lipinski definition) is 3. The van der Waals surface area contributed by atoms with E-state index in [1.807, 2.05) is 0 Å². The average Bonchev–Trinajstić information content (AvgIpc) is 3.03. The van der Waals surface area contributed by atoms with Crippen LogP contribution < -0.4 is 5.32 Å². The number of nitrogens with one attached hydrogen (secondary N) is 1. The highest BCUT2D eigenvalue weighted by atomic mass is 16.3. The van der Waals surface area contributed by atoms with E-state index >= 15 is 0 Å². The van der Waals surface area contributed by atoms with E-state index in [1.165, 1.54) is 180 Å². The lowest BCUT2D eigenvalue weighted by Crippen LogP contribution is -2.45. The van der Waals surface area contributed by atoms with Crippen LogP contribution in [-0.2, 0) is 4.79 Å². The molecule has 0 heterocycles. The molecule has 0 saturated carbocycles. The molecule has 0 saturated heterocycles. The van der Waals surface area contributed by atoms with E-state index in [4.69, 9.17) is 0 Å². The predicted molar refractivity (Wildman–Crippen MR) is 193 cm³/mol. The van der Waals surface area contributed by atoms with Gasteiger partial charge >= 0.3 is 0 Å². The topological polar surface area (TPSA) is 69.6 Å². The molecule has 0 aliphatic heterocycles. The third-order valence-corrected chi connectivity index (χ3v) is 9.62. The van der Waals surface area contributed by atoms with Crippen molar-refractivity contribution < 1.29 is 15.0 Å². The molecule has 0 aromatic heterocycles. The summed E-state index contributed by atoms with van der Waals surface area (Å²) >= 11 is 0. The Bertz CT molecular complexity index is 555. The lowest BCUT2D eigenvalue weighted by atomic mass is 10.0. The van der Waals surface area contributed by atoms with Gasteiger partial charge in [-0.2, -0.15) is 0 Å². The van der Waals surface area contributed by atoms with E-state index in [0.717, 1.165) is 25.7 Å². The number of amides is 1. The van der Waals surface area contributed by atoms with E-state index < -0.39 is 12.1 Å². The Labute approximate surface area is 276 Å². The highest BCUT2D eigenvalue weighted by molar-refractivity contribution is 5.76. The summed E-state index contributed by atoms with van der Waals surface area (Å²) in [5.74, 6) is -0.0320. The molecule has 0 aliphatic rings. The first-order valence-corrected chi connectivity index (χ1v) is 20.2. The van der Waals surface area contributed by atoms with Gasteiger partial charge < -0.3 is 15.5 Å². The molecule has 0 aliphatic carbocycles. The smallest absolute Gasteiger partial charge is 0.220 e. The van der Waals surface area contributed by atoms with Crippen LogP contribution in [0.15, 0.2) is 0 Å². The number of aliphatic hydroxyl groups excluding tert-OH is 2. The van der Waals surface area contributed by atoms with Crippen molar-refractivity contribution >= 4 is 5.91 Å². The van der Waals surface area contributed by atoms with Gasteiger partial charge in [0.2, 0.25) is 5.91 Å². The molecule has 264 valence electrons. The number of hydrogen-bond donors (Lipinski definition) is 3. The zero-order valence-electron chi connectivity index (χ0n) is 30.2. The highest BCUT2D eigenvalue weighted by Crippen LogP contribution is 2.16. The van der Waals surface area contributed by atoms with Gasteiger partial charge in [0.25, 0.3) is 0 Å². The van der Waals surface area contributed by atoms with Crippen LogP contribution >= 0.6 is 0 Å². The largest absolute Gasteiger partial charge is 0.394 e. The number of carbonyl (C=O) groups is 1. The molecule has 4 heteroatoms. The summed E-state index contributed by atoms with van der Waals surface area (Å²) in [4.78, 5) is 12.3. The summed E-state index contributed by atoms with van der Waals surface area (Å²) < 4.78 is 0. The molecule has 0 rings (SSSR count). The standard InChI is InChI=1S/C40H81NO3/c1-3-5-7-9-11-12-13-14-15-16-17-18-19-20-21-22-23-24-25-26-27-28-29-30-32-34-36-40(44)41-38(37-42)39(43)35-33-31-10-8-6-4-2/h38-39,42-43H,3-37H2,1-2H3,(H,41,44). The Morgan fingerprint density at radius 2 is 0.727 bits per heavy atom. The van der Waals surface area contributed by atoms with Crippen molar-refractivity contribution in [2.45, 2.75) is 244 Å². The fourth-order valence-electron chi connectivity index (χ4n) is 6.48. The van der Waals surface area contributed by atoms with Crippen molar-refractivity contribution in [3.05, 3.63) is 0 Å². The maximum atomic E-state index is 12.3. The maximum Gasteiger partial charge on any atom is 0.220 e. The second-order valence-corrected chi connectivity index (χ2v) is 14.1.